The highest BCUT2D eigenvalue weighted by atomic mass is 16.5. The van der Waals surface area contributed by atoms with Gasteiger partial charge in [0.05, 0.1) is 12.6 Å². The van der Waals surface area contributed by atoms with Crippen LogP contribution in [0.2, 0.25) is 0 Å². The summed E-state index contributed by atoms with van der Waals surface area (Å²) in [5, 5.41) is 3.19. The molecule has 19 heavy (non-hydrogen) atoms. The van der Waals surface area contributed by atoms with Crippen molar-refractivity contribution >= 4 is 5.96 Å². The zero-order valence-corrected chi connectivity index (χ0v) is 12.1. The van der Waals surface area contributed by atoms with E-state index in [9.17, 15) is 0 Å². The predicted octanol–water partition coefficient (Wildman–Crippen LogP) is 0.944. The molecule has 0 aromatic rings. The fourth-order valence-corrected chi connectivity index (χ4v) is 2.96. The van der Waals surface area contributed by atoms with E-state index in [4.69, 9.17) is 10.5 Å². The molecule has 2 rings (SSSR count). The standard InChI is InChI=1S/C14H28N4O/c1-2-18-8-5-6-12(18)10-16-14(15)17-11-13-7-3-4-9-19-13/h12-13H,2-11H2,1H3,(H3,15,16,17). The van der Waals surface area contributed by atoms with E-state index in [1.54, 1.807) is 0 Å². The highest BCUT2D eigenvalue weighted by Crippen LogP contribution is 2.16. The van der Waals surface area contributed by atoms with Crippen molar-refractivity contribution in [1.29, 1.82) is 0 Å². The van der Waals surface area contributed by atoms with Gasteiger partial charge in [0, 0.05) is 19.2 Å². The first-order chi connectivity index (χ1) is 9.29. The number of hydrogen-bond acceptors (Lipinski definition) is 3. The van der Waals surface area contributed by atoms with Crippen LogP contribution in [0.15, 0.2) is 4.99 Å². The molecule has 110 valence electrons. The van der Waals surface area contributed by atoms with Crippen molar-refractivity contribution in [2.24, 2.45) is 10.7 Å². The maximum absolute atomic E-state index is 5.92. The molecule has 0 aromatic carbocycles. The molecular formula is C14H28N4O. The zero-order valence-electron chi connectivity index (χ0n) is 12.1. The summed E-state index contributed by atoms with van der Waals surface area (Å²) in [5.74, 6) is 0.567. The first kappa shape index (κ1) is 14.6. The maximum Gasteiger partial charge on any atom is 0.188 e. The lowest BCUT2D eigenvalue weighted by atomic mass is 10.1. The topological polar surface area (TPSA) is 62.9 Å². The van der Waals surface area contributed by atoms with Crippen LogP contribution in [0.1, 0.15) is 39.0 Å². The molecule has 2 fully saturated rings. The third-order valence-corrected chi connectivity index (χ3v) is 4.16. The molecular weight excluding hydrogens is 240 g/mol. The Bertz CT molecular complexity index is 289. The maximum atomic E-state index is 5.92. The number of likely N-dealkylation sites (tertiary alicyclic amines) is 1. The van der Waals surface area contributed by atoms with Gasteiger partial charge in [0.2, 0.25) is 0 Å². The van der Waals surface area contributed by atoms with Gasteiger partial charge in [-0.3, -0.25) is 9.89 Å². The largest absolute Gasteiger partial charge is 0.376 e. The number of nitrogens with zero attached hydrogens (tertiary/aromatic N) is 2. The Morgan fingerprint density at radius 1 is 1.37 bits per heavy atom. The summed E-state index contributed by atoms with van der Waals surface area (Å²) in [4.78, 5) is 6.96. The molecule has 3 N–H and O–H groups in total. The minimum absolute atomic E-state index is 0.307. The van der Waals surface area contributed by atoms with E-state index < -0.39 is 0 Å². The molecule has 5 heteroatoms. The Morgan fingerprint density at radius 3 is 3.00 bits per heavy atom. The zero-order chi connectivity index (χ0) is 13.5. The molecule has 0 aromatic heterocycles. The number of nitrogens with one attached hydrogen (secondary N) is 1. The molecule has 0 radical (unpaired) electrons. The molecule has 0 aliphatic carbocycles. The van der Waals surface area contributed by atoms with Gasteiger partial charge in [-0.05, 0) is 45.2 Å². The fourth-order valence-electron chi connectivity index (χ4n) is 2.96. The lowest BCUT2D eigenvalue weighted by Gasteiger charge is -2.23. The van der Waals surface area contributed by atoms with Gasteiger partial charge in [-0.1, -0.05) is 6.92 Å². The number of likely N-dealkylation sites (N-methyl/N-ethyl adjacent to an activating group) is 1. The summed E-state index contributed by atoms with van der Waals surface area (Å²) < 4.78 is 5.66. The second-order valence-electron chi connectivity index (χ2n) is 5.52. The first-order valence-corrected chi connectivity index (χ1v) is 7.69. The number of nitrogens with two attached hydrogens (primary N) is 1. The Hall–Kier alpha value is -0.810. The Labute approximate surface area is 116 Å². The van der Waals surface area contributed by atoms with Crippen LogP contribution in [0, 0.1) is 0 Å². The average molecular weight is 268 g/mol. The summed E-state index contributed by atoms with van der Waals surface area (Å²) in [5.41, 5.74) is 5.92. The molecule has 2 heterocycles. The van der Waals surface area contributed by atoms with Crippen LogP contribution >= 0.6 is 0 Å². The average Bonchev–Trinajstić information content (AvgIpc) is 2.91. The lowest BCUT2D eigenvalue weighted by molar-refractivity contribution is 0.0195. The quantitative estimate of drug-likeness (QED) is 0.575. The van der Waals surface area contributed by atoms with E-state index in [1.165, 1.54) is 32.2 Å². The summed E-state index contributed by atoms with van der Waals surface area (Å²) in [6.45, 7) is 7.03. The molecule has 2 atom stereocenters. The van der Waals surface area contributed by atoms with E-state index in [1.807, 2.05) is 0 Å². The smallest absolute Gasteiger partial charge is 0.188 e. The van der Waals surface area contributed by atoms with E-state index in [0.29, 0.717) is 18.1 Å². The number of aliphatic imine (C=N–C) groups is 1. The highest BCUT2D eigenvalue weighted by Gasteiger charge is 2.22. The number of ether oxygens (including phenoxy) is 1. The lowest BCUT2D eigenvalue weighted by Crippen LogP contribution is -2.40. The van der Waals surface area contributed by atoms with Gasteiger partial charge in [-0.2, -0.15) is 0 Å². The molecule has 0 bridgehead atoms. The second kappa shape index (κ2) is 7.70. The summed E-state index contributed by atoms with van der Waals surface area (Å²) in [7, 11) is 0. The molecule has 2 saturated heterocycles. The van der Waals surface area contributed by atoms with Gasteiger partial charge in [-0.15, -0.1) is 0 Å². The summed E-state index contributed by atoms with van der Waals surface area (Å²) in [6.07, 6.45) is 6.42. The van der Waals surface area contributed by atoms with Crippen LogP contribution in [0.5, 0.6) is 0 Å². The van der Waals surface area contributed by atoms with Crippen molar-refractivity contribution in [3.8, 4) is 0 Å². The van der Waals surface area contributed by atoms with E-state index in [2.05, 4.69) is 22.1 Å². The Morgan fingerprint density at radius 2 is 2.26 bits per heavy atom. The highest BCUT2D eigenvalue weighted by molar-refractivity contribution is 5.77. The van der Waals surface area contributed by atoms with E-state index in [0.717, 1.165) is 32.7 Å². The number of hydrogen-bond donors (Lipinski definition) is 2. The molecule has 5 nitrogen and oxygen atoms in total. The minimum Gasteiger partial charge on any atom is -0.376 e. The van der Waals surface area contributed by atoms with Gasteiger partial charge in [-0.25, -0.2) is 0 Å². The predicted molar refractivity (Wildman–Crippen MR) is 78.4 cm³/mol. The monoisotopic (exact) mass is 268 g/mol. The summed E-state index contributed by atoms with van der Waals surface area (Å²) in [6, 6.07) is 0.580. The van der Waals surface area contributed by atoms with Gasteiger partial charge < -0.3 is 15.8 Å². The molecule has 2 aliphatic rings. The Kier molecular flexibility index (Phi) is 5.92. The van der Waals surface area contributed by atoms with Gasteiger partial charge >= 0.3 is 0 Å². The SMILES string of the molecule is CCN1CCCC1CN=C(N)NCC1CCCCO1. The third-order valence-electron chi connectivity index (χ3n) is 4.16. The molecule has 2 unspecified atom stereocenters. The second-order valence-corrected chi connectivity index (χ2v) is 5.52. The van der Waals surface area contributed by atoms with Crippen LogP contribution < -0.4 is 11.1 Å². The minimum atomic E-state index is 0.307. The van der Waals surface area contributed by atoms with Crippen molar-refractivity contribution in [3.05, 3.63) is 0 Å². The summed E-state index contributed by atoms with van der Waals surface area (Å²) >= 11 is 0. The van der Waals surface area contributed by atoms with Crippen molar-refractivity contribution in [2.75, 3.05) is 32.8 Å². The van der Waals surface area contributed by atoms with Crippen LogP contribution in [0.3, 0.4) is 0 Å². The Balaban J connectivity index is 1.67. The number of rotatable bonds is 5. The molecule has 2 aliphatic heterocycles. The van der Waals surface area contributed by atoms with Crippen LogP contribution in [-0.4, -0.2) is 55.8 Å². The van der Waals surface area contributed by atoms with Crippen molar-refractivity contribution in [1.82, 2.24) is 10.2 Å². The van der Waals surface area contributed by atoms with Crippen LogP contribution in [0.25, 0.3) is 0 Å². The van der Waals surface area contributed by atoms with E-state index in [-0.39, 0.29) is 0 Å². The van der Waals surface area contributed by atoms with Crippen LogP contribution in [0.4, 0.5) is 0 Å². The van der Waals surface area contributed by atoms with Crippen molar-refractivity contribution < 1.29 is 4.74 Å². The van der Waals surface area contributed by atoms with Gasteiger partial charge in [0.25, 0.3) is 0 Å². The van der Waals surface area contributed by atoms with Gasteiger partial charge in [0.1, 0.15) is 0 Å². The third kappa shape index (κ3) is 4.66. The van der Waals surface area contributed by atoms with Crippen molar-refractivity contribution in [3.63, 3.8) is 0 Å². The van der Waals surface area contributed by atoms with Gasteiger partial charge in [0.15, 0.2) is 5.96 Å². The molecule has 0 saturated carbocycles. The molecule has 0 amide bonds. The van der Waals surface area contributed by atoms with Crippen molar-refractivity contribution in [2.45, 2.75) is 51.2 Å². The normalized spacial score (nSPS) is 29.6. The first-order valence-electron chi connectivity index (χ1n) is 7.69. The molecule has 0 spiro atoms. The fraction of sp³-hybridized carbons (Fsp3) is 0.929. The number of guanidine groups is 1. The van der Waals surface area contributed by atoms with E-state index >= 15 is 0 Å². The van der Waals surface area contributed by atoms with Crippen LogP contribution in [-0.2, 0) is 4.74 Å².